The molecular formula is C66H108NO8P. The number of quaternary nitrogens is 1. The number of hydrogen-bond acceptors (Lipinski definition) is 8. The van der Waals surface area contributed by atoms with Gasteiger partial charge in [0.15, 0.2) is 6.10 Å². The van der Waals surface area contributed by atoms with E-state index in [0.717, 1.165) is 141 Å². The Hall–Kier alpha value is -4.11. The van der Waals surface area contributed by atoms with E-state index in [0.29, 0.717) is 23.9 Å². The van der Waals surface area contributed by atoms with Crippen LogP contribution in [0.2, 0.25) is 0 Å². The summed E-state index contributed by atoms with van der Waals surface area (Å²) < 4.78 is 34.1. The Bertz CT molecular complexity index is 1790. The van der Waals surface area contributed by atoms with Crippen LogP contribution in [0.25, 0.3) is 0 Å². The molecule has 10 heteroatoms. The zero-order valence-electron chi connectivity index (χ0n) is 48.6. The lowest BCUT2D eigenvalue weighted by molar-refractivity contribution is -0.870. The molecule has 0 spiro atoms. The Balaban J connectivity index is 4.26. The number of nitrogens with zero attached hydrogens (tertiary/aromatic N) is 1. The first-order valence-electron chi connectivity index (χ1n) is 29.5. The topological polar surface area (TPSA) is 111 Å². The third-order valence-electron chi connectivity index (χ3n) is 11.9. The van der Waals surface area contributed by atoms with Crippen molar-refractivity contribution in [2.45, 2.75) is 213 Å². The molecule has 0 amide bonds. The van der Waals surface area contributed by atoms with Crippen molar-refractivity contribution in [1.82, 2.24) is 0 Å². The molecule has 0 fully saturated rings. The molecule has 430 valence electrons. The lowest BCUT2D eigenvalue weighted by Gasteiger charge is -2.28. The number of unbranched alkanes of at least 4 members (excludes halogenated alkanes) is 14. The van der Waals surface area contributed by atoms with Crippen LogP contribution in [0, 0.1) is 0 Å². The first-order valence-corrected chi connectivity index (χ1v) is 31.0. The molecule has 0 heterocycles. The number of carbonyl (C=O) groups excluding carboxylic acids is 2. The van der Waals surface area contributed by atoms with E-state index in [1.165, 1.54) is 25.7 Å². The molecule has 0 N–H and O–H groups in total. The molecule has 76 heavy (non-hydrogen) atoms. The van der Waals surface area contributed by atoms with E-state index in [9.17, 15) is 19.0 Å². The zero-order valence-corrected chi connectivity index (χ0v) is 49.5. The predicted molar refractivity (Wildman–Crippen MR) is 323 cm³/mol. The van der Waals surface area contributed by atoms with Crippen LogP contribution in [0.15, 0.2) is 146 Å². The van der Waals surface area contributed by atoms with Crippen molar-refractivity contribution < 1.29 is 42.1 Å². The molecule has 0 aromatic heterocycles. The lowest BCUT2D eigenvalue weighted by atomic mass is 10.1. The van der Waals surface area contributed by atoms with Gasteiger partial charge in [-0.3, -0.25) is 14.2 Å². The normalized spacial score (nSPS) is 14.3. The van der Waals surface area contributed by atoms with Crippen molar-refractivity contribution in [2.75, 3.05) is 47.5 Å². The summed E-state index contributed by atoms with van der Waals surface area (Å²) in [6, 6.07) is 0. The van der Waals surface area contributed by atoms with Crippen LogP contribution in [0.1, 0.15) is 206 Å². The summed E-state index contributed by atoms with van der Waals surface area (Å²) in [5, 5.41) is 0. The second-order valence-electron chi connectivity index (χ2n) is 20.2. The number of hydrogen-bond donors (Lipinski definition) is 0. The van der Waals surface area contributed by atoms with Gasteiger partial charge < -0.3 is 27.9 Å². The van der Waals surface area contributed by atoms with E-state index in [2.05, 4.69) is 160 Å². The highest BCUT2D eigenvalue weighted by Gasteiger charge is 2.21. The third kappa shape index (κ3) is 59.1. The van der Waals surface area contributed by atoms with Crippen molar-refractivity contribution in [3.05, 3.63) is 146 Å². The van der Waals surface area contributed by atoms with Gasteiger partial charge in [0, 0.05) is 12.8 Å². The second kappa shape index (κ2) is 55.6. The quantitative estimate of drug-likeness (QED) is 0.0195. The molecule has 0 saturated heterocycles. The standard InChI is InChI=1S/C66H108NO8P/c1-6-8-10-12-14-16-18-20-22-24-26-28-29-30-31-32-33-34-35-36-37-39-41-43-45-47-49-51-53-55-57-59-66(69)75-64(63-74-76(70,71)73-61-60-67(3,4)5)62-72-65(68)58-56-54-52-50-48-46-44-42-40-38-27-25-23-21-19-17-15-13-11-9-7-2/h8-11,14-17,20-23,26-28,30-31,33-34,36-38,41,43,64H,6-7,12-13,18-19,24-25,29,32,35,39-40,42,44-63H2,1-5H3/b10-8-,11-9-,16-14-,17-15-,22-20-,23-21-,28-26-,31-30-,34-33-,37-36-,38-27-,43-41-. The SMILES string of the molecule is CC/C=C\C/C=C\C/C=C\C/C=C\C/C=C\C/C=C\C/C=C\C/C=C\CCCCCCCCC(=O)OC(COC(=O)CCCCCCCCCC/C=C\C/C=C\C/C=C\C/C=C\CC)COP(=O)([O-])OCC[N+](C)(C)C. The van der Waals surface area contributed by atoms with Gasteiger partial charge in [0.25, 0.3) is 7.82 Å². The van der Waals surface area contributed by atoms with Gasteiger partial charge >= 0.3 is 11.9 Å². The Labute approximate surface area is 465 Å². The van der Waals surface area contributed by atoms with Gasteiger partial charge in [0.05, 0.1) is 27.7 Å². The fourth-order valence-corrected chi connectivity index (χ4v) is 8.10. The Morgan fingerprint density at radius 1 is 0.408 bits per heavy atom. The lowest BCUT2D eigenvalue weighted by Crippen LogP contribution is -2.37. The number of esters is 2. The van der Waals surface area contributed by atoms with Crippen LogP contribution in [-0.4, -0.2) is 70.0 Å². The van der Waals surface area contributed by atoms with Crippen molar-refractivity contribution in [3.63, 3.8) is 0 Å². The van der Waals surface area contributed by atoms with Crippen molar-refractivity contribution >= 4 is 19.8 Å². The van der Waals surface area contributed by atoms with Crippen LogP contribution < -0.4 is 4.89 Å². The highest BCUT2D eigenvalue weighted by Crippen LogP contribution is 2.38. The zero-order chi connectivity index (χ0) is 55.6. The molecule has 0 aliphatic carbocycles. The number of phosphoric ester groups is 1. The van der Waals surface area contributed by atoms with Crippen LogP contribution >= 0.6 is 7.82 Å². The van der Waals surface area contributed by atoms with Crippen LogP contribution in [-0.2, 0) is 32.7 Å². The average Bonchev–Trinajstić information content (AvgIpc) is 3.38. The van der Waals surface area contributed by atoms with E-state index >= 15 is 0 Å². The minimum Gasteiger partial charge on any atom is -0.756 e. The van der Waals surface area contributed by atoms with E-state index in [1.54, 1.807) is 0 Å². The van der Waals surface area contributed by atoms with Gasteiger partial charge in [-0.25, -0.2) is 0 Å². The van der Waals surface area contributed by atoms with E-state index < -0.39 is 32.5 Å². The molecule has 0 saturated carbocycles. The van der Waals surface area contributed by atoms with Gasteiger partial charge in [-0.15, -0.1) is 0 Å². The molecule has 0 aliphatic heterocycles. The summed E-state index contributed by atoms with van der Waals surface area (Å²) in [4.78, 5) is 37.9. The van der Waals surface area contributed by atoms with E-state index in [-0.39, 0.29) is 26.1 Å². The molecule has 2 unspecified atom stereocenters. The number of phosphoric acid groups is 1. The van der Waals surface area contributed by atoms with Gasteiger partial charge in [-0.2, -0.15) is 0 Å². The minimum absolute atomic E-state index is 0.0441. The van der Waals surface area contributed by atoms with Gasteiger partial charge in [0.1, 0.15) is 19.8 Å². The van der Waals surface area contributed by atoms with Gasteiger partial charge in [0.2, 0.25) is 0 Å². The maximum absolute atomic E-state index is 12.8. The maximum atomic E-state index is 12.8. The summed E-state index contributed by atoms with van der Waals surface area (Å²) in [6.07, 6.45) is 81.7. The average molecular weight is 1070 g/mol. The fourth-order valence-electron chi connectivity index (χ4n) is 7.37. The number of carbonyl (C=O) groups is 2. The van der Waals surface area contributed by atoms with E-state index in [4.69, 9.17) is 18.5 Å². The second-order valence-corrected chi connectivity index (χ2v) is 21.7. The van der Waals surface area contributed by atoms with Crippen LogP contribution in [0.3, 0.4) is 0 Å². The Kier molecular flexibility index (Phi) is 52.6. The number of ether oxygens (including phenoxy) is 2. The molecular weight excluding hydrogens is 966 g/mol. The first kappa shape index (κ1) is 71.9. The van der Waals surface area contributed by atoms with Crippen molar-refractivity contribution in [3.8, 4) is 0 Å². The number of rotatable bonds is 52. The van der Waals surface area contributed by atoms with E-state index in [1.807, 2.05) is 21.1 Å². The smallest absolute Gasteiger partial charge is 0.306 e. The highest BCUT2D eigenvalue weighted by atomic mass is 31.2. The van der Waals surface area contributed by atoms with Crippen molar-refractivity contribution in [2.24, 2.45) is 0 Å². The monoisotopic (exact) mass is 1070 g/mol. The van der Waals surface area contributed by atoms with Crippen molar-refractivity contribution in [1.29, 1.82) is 0 Å². The summed E-state index contributed by atoms with van der Waals surface area (Å²) >= 11 is 0. The minimum atomic E-state index is -4.65. The molecule has 2 atom stereocenters. The summed E-state index contributed by atoms with van der Waals surface area (Å²) in [6.45, 7) is 3.96. The molecule has 0 radical (unpaired) electrons. The molecule has 0 aromatic rings. The molecule has 0 aliphatic rings. The number of allylic oxidation sites excluding steroid dienone is 24. The molecule has 0 rings (SSSR count). The fraction of sp³-hybridized carbons (Fsp3) is 0.606. The summed E-state index contributed by atoms with van der Waals surface area (Å²) in [7, 11) is 1.13. The largest absolute Gasteiger partial charge is 0.756 e. The van der Waals surface area contributed by atoms with Crippen LogP contribution in [0.5, 0.6) is 0 Å². The maximum Gasteiger partial charge on any atom is 0.306 e. The summed E-state index contributed by atoms with van der Waals surface area (Å²) in [5.74, 6) is -0.871. The van der Waals surface area contributed by atoms with Crippen LogP contribution in [0.4, 0.5) is 0 Å². The molecule has 9 nitrogen and oxygen atoms in total. The third-order valence-corrected chi connectivity index (χ3v) is 12.8. The summed E-state index contributed by atoms with van der Waals surface area (Å²) in [5.41, 5.74) is 0. The number of likely N-dealkylation sites (N-methyl/N-ethyl adjacent to an activating group) is 1. The Morgan fingerprint density at radius 3 is 1.05 bits per heavy atom. The first-order chi connectivity index (χ1) is 37.0. The molecule has 0 bridgehead atoms. The van der Waals surface area contributed by atoms with Gasteiger partial charge in [-0.05, 0) is 116 Å². The predicted octanol–water partition coefficient (Wildman–Crippen LogP) is 18.1. The highest BCUT2D eigenvalue weighted by molar-refractivity contribution is 7.45. The Morgan fingerprint density at radius 2 is 0.711 bits per heavy atom. The molecule has 0 aromatic carbocycles. The van der Waals surface area contributed by atoms with Gasteiger partial charge in [-0.1, -0.05) is 224 Å².